The first kappa shape index (κ1) is 25.3. The Hall–Kier alpha value is -3.36. The number of halogens is 1. The lowest BCUT2D eigenvalue weighted by molar-refractivity contribution is -0.116. The number of hydrogen-bond donors (Lipinski definition) is 2. The van der Waals surface area contributed by atoms with Crippen LogP contribution in [0.2, 0.25) is 5.02 Å². The van der Waals surface area contributed by atoms with Gasteiger partial charge in [-0.1, -0.05) is 42.4 Å². The molecule has 0 bridgehead atoms. The van der Waals surface area contributed by atoms with Gasteiger partial charge in [0.15, 0.2) is 0 Å². The molecular weight excluding hydrogens is 488 g/mol. The van der Waals surface area contributed by atoms with Crippen LogP contribution in [0.5, 0.6) is 6.01 Å². The van der Waals surface area contributed by atoms with E-state index >= 15 is 0 Å². The van der Waals surface area contributed by atoms with Crippen LogP contribution < -0.4 is 20.3 Å². The maximum atomic E-state index is 11.5. The predicted molar refractivity (Wildman–Crippen MR) is 149 cm³/mol. The van der Waals surface area contributed by atoms with Gasteiger partial charge in [0.05, 0.1) is 17.3 Å². The molecule has 2 aromatic carbocycles. The molecule has 0 saturated carbocycles. The topological polar surface area (TPSA) is 82.6 Å². The number of carbonyl (C=O) groups excluding carboxylic acids is 1. The van der Waals surface area contributed by atoms with E-state index in [2.05, 4.69) is 58.3 Å². The number of likely N-dealkylation sites (N-methyl/N-ethyl adjacent to an activating group) is 1. The van der Waals surface area contributed by atoms with E-state index in [-0.39, 0.29) is 5.91 Å². The summed E-state index contributed by atoms with van der Waals surface area (Å²) in [6.45, 7) is 7.59. The van der Waals surface area contributed by atoms with Gasteiger partial charge in [-0.05, 0) is 56.4 Å². The zero-order valence-corrected chi connectivity index (χ0v) is 21.9. The molecule has 5 rings (SSSR count). The van der Waals surface area contributed by atoms with Gasteiger partial charge in [0.1, 0.15) is 12.4 Å². The quantitative estimate of drug-likeness (QED) is 0.325. The summed E-state index contributed by atoms with van der Waals surface area (Å²) in [6, 6.07) is 13.0. The van der Waals surface area contributed by atoms with Crippen LogP contribution in [-0.4, -0.2) is 66.7 Å². The van der Waals surface area contributed by atoms with Crippen molar-refractivity contribution < 1.29 is 9.53 Å². The Morgan fingerprint density at radius 3 is 2.84 bits per heavy atom. The van der Waals surface area contributed by atoms with E-state index in [0.717, 1.165) is 64.5 Å². The molecule has 3 heterocycles. The van der Waals surface area contributed by atoms with Crippen LogP contribution in [0.3, 0.4) is 0 Å². The number of carbonyl (C=O) groups is 1. The summed E-state index contributed by atoms with van der Waals surface area (Å²) in [5, 5.41) is 9.11. The smallest absolute Gasteiger partial charge is 0.318 e. The lowest BCUT2D eigenvalue weighted by atomic mass is 10.0. The van der Waals surface area contributed by atoms with Crippen molar-refractivity contribution in [1.29, 1.82) is 0 Å². The minimum absolute atomic E-state index is 0.194. The zero-order chi connectivity index (χ0) is 25.8. The molecule has 3 aromatic rings. The minimum Gasteiger partial charge on any atom is -0.462 e. The first-order valence-corrected chi connectivity index (χ1v) is 13.2. The highest BCUT2D eigenvalue weighted by atomic mass is 35.5. The first-order valence-electron chi connectivity index (χ1n) is 12.8. The van der Waals surface area contributed by atoms with E-state index < -0.39 is 0 Å². The number of aromatic nitrogens is 2. The number of nitrogens with one attached hydrogen (secondary N) is 2. The fourth-order valence-electron chi connectivity index (χ4n) is 5.16. The number of hydrogen-bond acceptors (Lipinski definition) is 7. The van der Waals surface area contributed by atoms with Crippen LogP contribution in [0.25, 0.3) is 10.8 Å². The lowest BCUT2D eigenvalue weighted by Gasteiger charge is -2.32. The number of benzene rings is 2. The Morgan fingerprint density at radius 1 is 1.22 bits per heavy atom. The van der Waals surface area contributed by atoms with E-state index in [4.69, 9.17) is 26.3 Å². The molecular formula is C28H33ClN6O2. The van der Waals surface area contributed by atoms with Crippen LogP contribution in [0.1, 0.15) is 24.1 Å². The Bertz CT molecular complexity index is 1290. The van der Waals surface area contributed by atoms with Crippen molar-refractivity contribution in [3.05, 3.63) is 65.3 Å². The molecule has 0 spiro atoms. The number of fused-ring (bicyclic) bond motifs is 2. The second-order valence-electron chi connectivity index (χ2n) is 9.58. The zero-order valence-electron chi connectivity index (χ0n) is 21.2. The normalized spacial score (nSPS) is 17.5. The van der Waals surface area contributed by atoms with Crippen LogP contribution in [0.15, 0.2) is 49.1 Å². The van der Waals surface area contributed by atoms with E-state index in [1.807, 2.05) is 12.1 Å². The Kier molecular flexibility index (Phi) is 7.76. The van der Waals surface area contributed by atoms with E-state index in [1.165, 1.54) is 12.5 Å². The first-order chi connectivity index (χ1) is 18.0. The van der Waals surface area contributed by atoms with Crippen molar-refractivity contribution >= 4 is 39.8 Å². The van der Waals surface area contributed by atoms with Crippen LogP contribution in [0, 0.1) is 0 Å². The molecule has 1 amide bonds. The highest BCUT2D eigenvalue weighted by Gasteiger charge is 2.26. The number of nitrogens with zero attached hydrogens (tertiary/aromatic N) is 4. The van der Waals surface area contributed by atoms with Crippen molar-refractivity contribution in [2.24, 2.45) is 0 Å². The maximum Gasteiger partial charge on any atom is 0.318 e. The molecule has 2 N–H and O–H groups in total. The number of likely N-dealkylation sites (tertiary alicyclic amines) is 1. The SMILES string of the molecule is C=CC(=O)NCCNc1nc(OC[C@@H]2CCCN2C)nc2c1CCN(c1cccc3cccc(Cl)c13)C2. The Morgan fingerprint density at radius 2 is 2.05 bits per heavy atom. The van der Waals surface area contributed by atoms with Crippen LogP contribution >= 0.6 is 11.6 Å². The third-order valence-corrected chi connectivity index (χ3v) is 7.51. The average molecular weight is 521 g/mol. The molecule has 2 aliphatic rings. The van der Waals surface area contributed by atoms with Crippen LogP contribution in [-0.2, 0) is 17.8 Å². The van der Waals surface area contributed by atoms with Gasteiger partial charge in [-0.3, -0.25) is 4.79 Å². The van der Waals surface area contributed by atoms with Gasteiger partial charge in [-0.25, -0.2) is 0 Å². The predicted octanol–water partition coefficient (Wildman–Crippen LogP) is 4.03. The van der Waals surface area contributed by atoms with Crippen molar-refractivity contribution in [2.75, 3.05) is 50.1 Å². The fourth-order valence-corrected chi connectivity index (χ4v) is 5.44. The molecule has 1 atom stereocenters. The molecule has 1 fully saturated rings. The summed E-state index contributed by atoms with van der Waals surface area (Å²) in [5.74, 6) is 0.573. The van der Waals surface area contributed by atoms with Gasteiger partial charge in [-0.15, -0.1) is 0 Å². The van der Waals surface area contributed by atoms with E-state index in [0.29, 0.717) is 38.3 Å². The monoisotopic (exact) mass is 520 g/mol. The highest BCUT2D eigenvalue weighted by Crippen LogP contribution is 2.36. The maximum absolute atomic E-state index is 11.5. The summed E-state index contributed by atoms with van der Waals surface area (Å²) >= 11 is 6.63. The molecule has 194 valence electrons. The summed E-state index contributed by atoms with van der Waals surface area (Å²) in [5.41, 5.74) is 3.13. The molecule has 9 heteroatoms. The number of ether oxygens (including phenoxy) is 1. The van der Waals surface area contributed by atoms with Crippen molar-refractivity contribution in [3.8, 4) is 6.01 Å². The molecule has 8 nitrogen and oxygen atoms in total. The molecule has 0 aliphatic carbocycles. The fraction of sp³-hybridized carbons (Fsp3) is 0.393. The molecule has 2 aliphatic heterocycles. The Balaban J connectivity index is 1.40. The van der Waals surface area contributed by atoms with E-state index in [1.54, 1.807) is 0 Å². The summed E-state index contributed by atoms with van der Waals surface area (Å²) in [7, 11) is 2.13. The number of anilines is 2. The second-order valence-corrected chi connectivity index (χ2v) is 9.98. The van der Waals surface area contributed by atoms with Crippen molar-refractivity contribution in [2.45, 2.75) is 31.8 Å². The van der Waals surface area contributed by atoms with Crippen molar-refractivity contribution in [3.63, 3.8) is 0 Å². The largest absolute Gasteiger partial charge is 0.462 e. The third-order valence-electron chi connectivity index (χ3n) is 7.20. The van der Waals surface area contributed by atoms with Gasteiger partial charge in [0.2, 0.25) is 5.91 Å². The third kappa shape index (κ3) is 5.65. The molecule has 0 radical (unpaired) electrons. The summed E-state index contributed by atoms with van der Waals surface area (Å²) < 4.78 is 6.13. The standard InChI is InChI=1S/C28H33ClN6O2/c1-3-25(36)30-13-14-31-27-21-12-16-35(24-11-5-8-19-7-4-10-22(29)26(19)24)17-23(21)32-28(33-27)37-18-20-9-6-15-34(20)2/h3-5,7-8,10-11,20H,1,6,9,12-18H2,2H3,(H,30,36)(H,31,32,33)/t20-/m0/s1. The van der Waals surface area contributed by atoms with Gasteiger partial charge in [-0.2, -0.15) is 9.97 Å². The molecule has 1 saturated heterocycles. The lowest BCUT2D eigenvalue weighted by Crippen LogP contribution is -2.34. The molecule has 1 aromatic heterocycles. The Labute approximate surface area is 222 Å². The molecule has 37 heavy (non-hydrogen) atoms. The number of amides is 1. The number of rotatable bonds is 9. The average Bonchev–Trinajstić information content (AvgIpc) is 3.33. The van der Waals surface area contributed by atoms with Gasteiger partial charge in [0, 0.05) is 42.3 Å². The van der Waals surface area contributed by atoms with Gasteiger partial charge >= 0.3 is 6.01 Å². The van der Waals surface area contributed by atoms with E-state index in [9.17, 15) is 4.79 Å². The van der Waals surface area contributed by atoms with Gasteiger partial charge in [0.25, 0.3) is 0 Å². The summed E-state index contributed by atoms with van der Waals surface area (Å²) in [6.07, 6.45) is 4.35. The highest BCUT2D eigenvalue weighted by molar-refractivity contribution is 6.36. The second kappa shape index (κ2) is 11.4. The molecule has 0 unspecified atom stereocenters. The van der Waals surface area contributed by atoms with Crippen molar-refractivity contribution in [1.82, 2.24) is 20.2 Å². The van der Waals surface area contributed by atoms with Gasteiger partial charge < -0.3 is 25.2 Å². The summed E-state index contributed by atoms with van der Waals surface area (Å²) in [4.78, 5) is 25.8. The minimum atomic E-state index is -0.194. The van der Waals surface area contributed by atoms with Crippen LogP contribution in [0.4, 0.5) is 11.5 Å².